The van der Waals surface area contributed by atoms with Crippen molar-refractivity contribution in [2.24, 2.45) is 5.92 Å². The van der Waals surface area contributed by atoms with Crippen molar-refractivity contribution in [2.45, 2.75) is 26.3 Å². The molecule has 1 heterocycles. The molecule has 2 N–H and O–H groups in total. The average molecular weight is 444 g/mol. The Bertz CT molecular complexity index is 896. The molecule has 2 aromatic rings. The average Bonchev–Trinajstić information content (AvgIpc) is 3.03. The van der Waals surface area contributed by atoms with Gasteiger partial charge in [-0.15, -0.1) is 0 Å². The van der Waals surface area contributed by atoms with E-state index in [0.717, 1.165) is 10.2 Å². The van der Waals surface area contributed by atoms with Crippen molar-refractivity contribution in [3.63, 3.8) is 0 Å². The molecule has 0 saturated carbocycles. The van der Waals surface area contributed by atoms with Crippen LogP contribution >= 0.6 is 15.9 Å². The van der Waals surface area contributed by atoms with Crippen molar-refractivity contribution in [2.75, 3.05) is 16.8 Å². The molecule has 1 atom stereocenters. The molecule has 3 rings (SSSR count). The highest BCUT2D eigenvalue weighted by molar-refractivity contribution is 9.10. The first-order valence-corrected chi connectivity index (χ1v) is 9.90. The van der Waals surface area contributed by atoms with E-state index in [-0.39, 0.29) is 30.2 Å². The lowest BCUT2D eigenvalue weighted by Gasteiger charge is -2.17. The van der Waals surface area contributed by atoms with Crippen molar-refractivity contribution < 1.29 is 14.4 Å². The second-order valence-electron chi connectivity index (χ2n) is 7.08. The van der Waals surface area contributed by atoms with E-state index in [1.54, 1.807) is 29.2 Å². The van der Waals surface area contributed by atoms with E-state index in [4.69, 9.17) is 0 Å². The number of hydrogen-bond acceptors (Lipinski definition) is 3. The maximum atomic E-state index is 12.6. The number of rotatable bonds is 5. The molecule has 6 nitrogen and oxygen atoms in total. The third-order valence-electron chi connectivity index (χ3n) is 4.45. The monoisotopic (exact) mass is 443 g/mol. The molecule has 146 valence electrons. The molecule has 1 unspecified atom stereocenters. The lowest BCUT2D eigenvalue weighted by Crippen LogP contribution is -2.30. The molecular formula is C21H22BrN3O3. The number of nitrogens with one attached hydrogen (secondary N) is 2. The predicted molar refractivity (Wildman–Crippen MR) is 112 cm³/mol. The highest BCUT2D eigenvalue weighted by Gasteiger charge is 2.35. The van der Waals surface area contributed by atoms with Crippen LogP contribution < -0.4 is 15.5 Å². The van der Waals surface area contributed by atoms with Crippen LogP contribution in [0.25, 0.3) is 0 Å². The van der Waals surface area contributed by atoms with E-state index >= 15 is 0 Å². The SMILES string of the molecule is CC(C)NC(=O)c1ccc(NC(=O)C2CC(=O)N(c3cccc(Br)c3)C2)cc1. The lowest BCUT2D eigenvalue weighted by molar-refractivity contribution is -0.122. The third-order valence-corrected chi connectivity index (χ3v) is 4.94. The van der Waals surface area contributed by atoms with Gasteiger partial charge in [0, 0.05) is 40.4 Å². The molecule has 0 radical (unpaired) electrons. The number of carbonyl (C=O) groups excluding carboxylic acids is 3. The van der Waals surface area contributed by atoms with E-state index in [1.807, 2.05) is 38.1 Å². The minimum Gasteiger partial charge on any atom is -0.350 e. The molecule has 1 fully saturated rings. The van der Waals surface area contributed by atoms with E-state index in [9.17, 15) is 14.4 Å². The van der Waals surface area contributed by atoms with Gasteiger partial charge in [0.2, 0.25) is 11.8 Å². The second kappa shape index (κ2) is 8.56. The summed E-state index contributed by atoms with van der Waals surface area (Å²) in [4.78, 5) is 38.6. The van der Waals surface area contributed by atoms with Crippen LogP contribution in [0.2, 0.25) is 0 Å². The van der Waals surface area contributed by atoms with Gasteiger partial charge in [-0.3, -0.25) is 14.4 Å². The van der Waals surface area contributed by atoms with Crippen LogP contribution in [-0.2, 0) is 9.59 Å². The van der Waals surface area contributed by atoms with Gasteiger partial charge in [-0.05, 0) is 56.3 Å². The normalized spacial score (nSPS) is 16.4. The fourth-order valence-electron chi connectivity index (χ4n) is 3.07. The standard InChI is InChI=1S/C21H22BrN3O3/c1-13(2)23-20(27)14-6-8-17(9-7-14)24-21(28)15-10-19(26)25(12-15)18-5-3-4-16(22)11-18/h3-9,11,13,15H,10,12H2,1-2H3,(H,23,27)(H,24,28). The molecule has 1 aliphatic rings. The molecule has 0 aliphatic carbocycles. The van der Waals surface area contributed by atoms with E-state index in [2.05, 4.69) is 26.6 Å². The Kier molecular flexibility index (Phi) is 6.14. The van der Waals surface area contributed by atoms with Crippen molar-refractivity contribution in [3.8, 4) is 0 Å². The first-order valence-electron chi connectivity index (χ1n) is 9.11. The summed E-state index contributed by atoms with van der Waals surface area (Å²) < 4.78 is 0.882. The Morgan fingerprint density at radius 1 is 1.14 bits per heavy atom. The topological polar surface area (TPSA) is 78.5 Å². The molecule has 0 bridgehead atoms. The number of benzene rings is 2. The zero-order valence-electron chi connectivity index (χ0n) is 15.7. The molecule has 0 aromatic heterocycles. The summed E-state index contributed by atoms with van der Waals surface area (Å²) in [6.45, 7) is 4.13. The molecule has 1 aliphatic heterocycles. The lowest BCUT2D eigenvalue weighted by atomic mass is 10.1. The van der Waals surface area contributed by atoms with Crippen LogP contribution in [0.5, 0.6) is 0 Å². The minimum absolute atomic E-state index is 0.0555. The van der Waals surface area contributed by atoms with Crippen LogP contribution in [0.1, 0.15) is 30.6 Å². The van der Waals surface area contributed by atoms with Gasteiger partial charge in [-0.2, -0.15) is 0 Å². The zero-order chi connectivity index (χ0) is 20.3. The van der Waals surface area contributed by atoms with E-state index < -0.39 is 5.92 Å². The predicted octanol–water partition coefficient (Wildman–Crippen LogP) is 3.58. The van der Waals surface area contributed by atoms with Crippen molar-refractivity contribution in [1.29, 1.82) is 0 Å². The summed E-state index contributed by atoms with van der Waals surface area (Å²) >= 11 is 3.40. The highest BCUT2D eigenvalue weighted by atomic mass is 79.9. The van der Waals surface area contributed by atoms with Gasteiger partial charge in [0.1, 0.15) is 0 Å². The summed E-state index contributed by atoms with van der Waals surface area (Å²) in [5, 5.41) is 5.66. The molecule has 0 spiro atoms. The van der Waals surface area contributed by atoms with Crippen molar-refractivity contribution in [3.05, 3.63) is 58.6 Å². The van der Waals surface area contributed by atoms with Gasteiger partial charge in [0.05, 0.1) is 5.92 Å². The third kappa shape index (κ3) is 4.78. The number of halogens is 1. The smallest absolute Gasteiger partial charge is 0.251 e. The van der Waals surface area contributed by atoms with Gasteiger partial charge < -0.3 is 15.5 Å². The Labute approximate surface area is 172 Å². The highest BCUT2D eigenvalue weighted by Crippen LogP contribution is 2.28. The molecule has 1 saturated heterocycles. The Hall–Kier alpha value is -2.67. The first-order chi connectivity index (χ1) is 13.3. The van der Waals surface area contributed by atoms with Crippen molar-refractivity contribution in [1.82, 2.24) is 5.32 Å². The van der Waals surface area contributed by atoms with Crippen LogP contribution in [0.15, 0.2) is 53.0 Å². The molecule has 28 heavy (non-hydrogen) atoms. The molecule has 7 heteroatoms. The number of carbonyl (C=O) groups is 3. The quantitative estimate of drug-likeness (QED) is 0.740. The van der Waals surface area contributed by atoms with E-state index in [1.165, 1.54) is 0 Å². The van der Waals surface area contributed by atoms with Crippen LogP contribution in [-0.4, -0.2) is 30.3 Å². The fraction of sp³-hybridized carbons (Fsp3) is 0.286. The van der Waals surface area contributed by atoms with Crippen LogP contribution in [0.4, 0.5) is 11.4 Å². The second-order valence-corrected chi connectivity index (χ2v) is 8.00. The Morgan fingerprint density at radius 3 is 2.50 bits per heavy atom. The van der Waals surface area contributed by atoms with Gasteiger partial charge in [-0.25, -0.2) is 0 Å². The van der Waals surface area contributed by atoms with Gasteiger partial charge in [-0.1, -0.05) is 22.0 Å². The first kappa shape index (κ1) is 20.1. The van der Waals surface area contributed by atoms with Crippen molar-refractivity contribution >= 4 is 45.0 Å². The number of hydrogen-bond donors (Lipinski definition) is 2. The maximum absolute atomic E-state index is 12.6. The minimum atomic E-state index is -0.421. The zero-order valence-corrected chi connectivity index (χ0v) is 17.3. The van der Waals surface area contributed by atoms with Crippen LogP contribution in [0, 0.1) is 5.92 Å². The molecule has 3 amide bonds. The summed E-state index contributed by atoms with van der Waals surface area (Å²) in [5.41, 5.74) is 1.90. The Balaban J connectivity index is 1.62. The molecular weight excluding hydrogens is 422 g/mol. The van der Waals surface area contributed by atoms with Gasteiger partial charge in [0.25, 0.3) is 5.91 Å². The van der Waals surface area contributed by atoms with Gasteiger partial charge in [0.15, 0.2) is 0 Å². The largest absolute Gasteiger partial charge is 0.350 e. The molecule has 2 aromatic carbocycles. The number of nitrogens with zero attached hydrogens (tertiary/aromatic N) is 1. The number of anilines is 2. The summed E-state index contributed by atoms with van der Waals surface area (Å²) in [6.07, 6.45) is 0.174. The summed E-state index contributed by atoms with van der Waals surface area (Å²) in [5.74, 6) is -0.849. The maximum Gasteiger partial charge on any atom is 0.251 e. The van der Waals surface area contributed by atoms with Crippen LogP contribution in [0.3, 0.4) is 0 Å². The number of amides is 3. The summed E-state index contributed by atoms with van der Waals surface area (Å²) in [7, 11) is 0. The summed E-state index contributed by atoms with van der Waals surface area (Å²) in [6, 6.07) is 14.2. The Morgan fingerprint density at radius 2 is 1.86 bits per heavy atom. The fourth-order valence-corrected chi connectivity index (χ4v) is 3.46. The van der Waals surface area contributed by atoms with Gasteiger partial charge >= 0.3 is 0 Å². The van der Waals surface area contributed by atoms with E-state index in [0.29, 0.717) is 17.8 Å².